The lowest BCUT2D eigenvalue weighted by Gasteiger charge is -2.30. The fraction of sp³-hybridized carbons (Fsp3) is 0.273. The topological polar surface area (TPSA) is 55.3 Å². The Morgan fingerprint density at radius 3 is 2.93 bits per heavy atom. The normalized spacial score (nSPS) is 18.0. The molecule has 0 aliphatic carbocycles. The molecule has 5 rings (SSSR count). The number of likely N-dealkylation sites (tertiary alicyclic amines) is 1. The predicted molar refractivity (Wildman–Crippen MR) is 108 cm³/mol. The van der Waals surface area contributed by atoms with Gasteiger partial charge in [-0.1, -0.05) is 35.9 Å². The minimum absolute atomic E-state index is 0.295. The molecule has 3 heterocycles. The first-order chi connectivity index (χ1) is 13.7. The highest BCUT2D eigenvalue weighted by Crippen LogP contribution is 2.30. The van der Waals surface area contributed by atoms with Crippen LogP contribution in [-0.2, 0) is 6.54 Å². The summed E-state index contributed by atoms with van der Waals surface area (Å²) in [7, 11) is 0. The Morgan fingerprint density at radius 2 is 2.04 bits per heavy atom. The number of para-hydroxylation sites is 2. The fourth-order valence-electron chi connectivity index (χ4n) is 3.82. The second-order valence-electron chi connectivity index (χ2n) is 7.22. The van der Waals surface area contributed by atoms with Crippen molar-refractivity contribution in [1.82, 2.24) is 14.9 Å². The average molecular weight is 394 g/mol. The number of piperidine rings is 1. The first kappa shape index (κ1) is 17.5. The van der Waals surface area contributed by atoms with Gasteiger partial charge in [0.15, 0.2) is 17.2 Å². The van der Waals surface area contributed by atoms with Gasteiger partial charge in [0.1, 0.15) is 5.52 Å². The molecule has 6 heteroatoms. The number of nitrogens with zero attached hydrogens (tertiary/aromatic N) is 3. The SMILES string of the molecule is Clc1cccc(-c2cnc(CN3CCCC(c4nc5ccccc5o4)C3)o2)c1. The Hall–Kier alpha value is -2.63. The second kappa shape index (κ2) is 7.41. The molecule has 0 radical (unpaired) electrons. The Bertz CT molecular complexity index is 1070. The quantitative estimate of drug-likeness (QED) is 0.457. The van der Waals surface area contributed by atoms with E-state index in [1.807, 2.05) is 48.5 Å². The number of halogens is 1. The number of benzene rings is 2. The van der Waals surface area contributed by atoms with E-state index in [0.29, 0.717) is 23.4 Å². The third-order valence-electron chi connectivity index (χ3n) is 5.19. The van der Waals surface area contributed by atoms with Gasteiger partial charge in [-0.05, 0) is 43.7 Å². The lowest BCUT2D eigenvalue weighted by Crippen LogP contribution is -2.34. The summed E-state index contributed by atoms with van der Waals surface area (Å²) in [5, 5.41) is 0.688. The Kier molecular flexibility index (Phi) is 4.63. The monoisotopic (exact) mass is 393 g/mol. The zero-order valence-corrected chi connectivity index (χ0v) is 16.1. The number of rotatable bonds is 4. The van der Waals surface area contributed by atoms with E-state index in [0.717, 1.165) is 54.2 Å². The van der Waals surface area contributed by atoms with Gasteiger partial charge < -0.3 is 8.83 Å². The van der Waals surface area contributed by atoms with Crippen LogP contribution in [0.5, 0.6) is 0 Å². The molecule has 0 saturated carbocycles. The molecule has 2 aromatic heterocycles. The van der Waals surface area contributed by atoms with Gasteiger partial charge in [-0.2, -0.15) is 0 Å². The zero-order valence-electron chi connectivity index (χ0n) is 15.3. The van der Waals surface area contributed by atoms with E-state index in [-0.39, 0.29) is 0 Å². The Morgan fingerprint density at radius 1 is 1.11 bits per heavy atom. The highest BCUT2D eigenvalue weighted by atomic mass is 35.5. The van der Waals surface area contributed by atoms with Gasteiger partial charge in [0.05, 0.1) is 12.7 Å². The molecule has 0 bridgehead atoms. The van der Waals surface area contributed by atoms with E-state index < -0.39 is 0 Å². The van der Waals surface area contributed by atoms with E-state index in [4.69, 9.17) is 20.4 Å². The first-order valence-corrected chi connectivity index (χ1v) is 9.91. The van der Waals surface area contributed by atoms with Crippen LogP contribution in [0.2, 0.25) is 5.02 Å². The molecule has 1 aliphatic rings. The minimum Gasteiger partial charge on any atom is -0.440 e. The fourth-order valence-corrected chi connectivity index (χ4v) is 4.01. The molecule has 1 aliphatic heterocycles. The highest BCUT2D eigenvalue weighted by Gasteiger charge is 2.26. The summed E-state index contributed by atoms with van der Waals surface area (Å²) in [5.41, 5.74) is 2.72. The molecule has 1 unspecified atom stereocenters. The number of fused-ring (bicyclic) bond motifs is 1. The van der Waals surface area contributed by atoms with Crippen molar-refractivity contribution >= 4 is 22.7 Å². The van der Waals surface area contributed by atoms with Gasteiger partial charge >= 0.3 is 0 Å². The molecule has 1 fully saturated rings. The number of oxazole rings is 2. The summed E-state index contributed by atoms with van der Waals surface area (Å²) >= 11 is 6.08. The van der Waals surface area contributed by atoms with Gasteiger partial charge in [0.25, 0.3) is 0 Å². The molecular formula is C22H20ClN3O2. The van der Waals surface area contributed by atoms with E-state index in [9.17, 15) is 0 Å². The van der Waals surface area contributed by atoms with Crippen molar-refractivity contribution in [1.29, 1.82) is 0 Å². The summed E-state index contributed by atoms with van der Waals surface area (Å²) in [6.07, 6.45) is 3.96. The molecular weight excluding hydrogens is 374 g/mol. The van der Waals surface area contributed by atoms with Crippen molar-refractivity contribution in [2.24, 2.45) is 0 Å². The smallest absolute Gasteiger partial charge is 0.209 e. The molecule has 4 aromatic rings. The summed E-state index contributed by atoms with van der Waals surface area (Å²) in [6, 6.07) is 15.5. The third kappa shape index (κ3) is 3.55. The molecule has 0 spiro atoms. The van der Waals surface area contributed by atoms with Gasteiger partial charge in [-0.3, -0.25) is 4.90 Å². The van der Waals surface area contributed by atoms with Crippen LogP contribution in [-0.4, -0.2) is 28.0 Å². The molecule has 2 aromatic carbocycles. The lowest BCUT2D eigenvalue weighted by atomic mass is 9.98. The van der Waals surface area contributed by atoms with Crippen molar-refractivity contribution in [3.63, 3.8) is 0 Å². The van der Waals surface area contributed by atoms with Crippen LogP contribution < -0.4 is 0 Å². The lowest BCUT2D eigenvalue weighted by molar-refractivity contribution is 0.173. The summed E-state index contributed by atoms with van der Waals surface area (Å²) in [4.78, 5) is 11.5. The molecule has 0 N–H and O–H groups in total. The highest BCUT2D eigenvalue weighted by molar-refractivity contribution is 6.30. The molecule has 0 amide bonds. The summed E-state index contributed by atoms with van der Waals surface area (Å²) in [6.45, 7) is 2.59. The van der Waals surface area contributed by atoms with E-state index in [2.05, 4.69) is 14.9 Å². The number of hydrogen-bond acceptors (Lipinski definition) is 5. The Balaban J connectivity index is 1.29. The minimum atomic E-state index is 0.295. The number of aromatic nitrogens is 2. The van der Waals surface area contributed by atoms with Crippen LogP contribution in [0.25, 0.3) is 22.4 Å². The summed E-state index contributed by atoms with van der Waals surface area (Å²) < 4.78 is 12.0. The van der Waals surface area contributed by atoms with Crippen LogP contribution in [0, 0.1) is 0 Å². The van der Waals surface area contributed by atoms with E-state index in [1.165, 1.54) is 0 Å². The van der Waals surface area contributed by atoms with Crippen molar-refractivity contribution in [3.05, 3.63) is 71.5 Å². The largest absolute Gasteiger partial charge is 0.440 e. The van der Waals surface area contributed by atoms with Crippen molar-refractivity contribution in [3.8, 4) is 11.3 Å². The predicted octanol–water partition coefficient (Wildman–Crippen LogP) is 5.52. The maximum atomic E-state index is 6.08. The maximum Gasteiger partial charge on any atom is 0.209 e. The van der Waals surface area contributed by atoms with Gasteiger partial charge in [0, 0.05) is 23.0 Å². The second-order valence-corrected chi connectivity index (χ2v) is 7.66. The van der Waals surface area contributed by atoms with Gasteiger partial charge in [0.2, 0.25) is 5.89 Å². The van der Waals surface area contributed by atoms with Crippen LogP contribution in [0.4, 0.5) is 0 Å². The summed E-state index contributed by atoms with van der Waals surface area (Å²) in [5.74, 6) is 2.58. The zero-order chi connectivity index (χ0) is 18.9. The van der Waals surface area contributed by atoms with Crippen molar-refractivity contribution in [2.45, 2.75) is 25.3 Å². The third-order valence-corrected chi connectivity index (χ3v) is 5.42. The van der Waals surface area contributed by atoms with Crippen LogP contribution in [0.15, 0.2) is 63.6 Å². The van der Waals surface area contributed by atoms with E-state index in [1.54, 1.807) is 6.20 Å². The van der Waals surface area contributed by atoms with Crippen LogP contribution >= 0.6 is 11.6 Å². The van der Waals surface area contributed by atoms with Gasteiger partial charge in [-0.25, -0.2) is 9.97 Å². The molecule has 142 valence electrons. The molecule has 5 nitrogen and oxygen atoms in total. The van der Waals surface area contributed by atoms with E-state index >= 15 is 0 Å². The van der Waals surface area contributed by atoms with Crippen LogP contribution in [0.1, 0.15) is 30.5 Å². The first-order valence-electron chi connectivity index (χ1n) is 9.53. The molecule has 1 atom stereocenters. The average Bonchev–Trinajstić information content (AvgIpc) is 3.35. The molecule has 28 heavy (non-hydrogen) atoms. The maximum absolute atomic E-state index is 6.08. The standard InChI is InChI=1S/C22H20ClN3O2/c23-17-7-3-5-15(11-17)20-12-24-21(27-20)14-26-10-4-6-16(13-26)22-25-18-8-1-2-9-19(18)28-22/h1-3,5,7-9,11-12,16H,4,6,10,13-14H2. The van der Waals surface area contributed by atoms with Crippen molar-refractivity contribution in [2.75, 3.05) is 13.1 Å². The molecule has 1 saturated heterocycles. The Labute approximate surface area is 168 Å². The van der Waals surface area contributed by atoms with Gasteiger partial charge in [-0.15, -0.1) is 0 Å². The number of hydrogen-bond donors (Lipinski definition) is 0. The van der Waals surface area contributed by atoms with Crippen LogP contribution in [0.3, 0.4) is 0 Å². The van der Waals surface area contributed by atoms with Crippen molar-refractivity contribution < 1.29 is 8.83 Å².